The predicted molar refractivity (Wildman–Crippen MR) is 95.4 cm³/mol. The molecule has 2 amide bonds. The van der Waals surface area contributed by atoms with Crippen LogP contribution in [0, 0.1) is 10.1 Å². The van der Waals surface area contributed by atoms with Gasteiger partial charge in [-0.3, -0.25) is 19.7 Å². The summed E-state index contributed by atoms with van der Waals surface area (Å²) in [5.41, 5.74) is -0.680. The molecule has 1 rings (SSSR count). The van der Waals surface area contributed by atoms with E-state index in [1.807, 2.05) is 0 Å². The Kier molecular flexibility index (Phi) is 11.5. The van der Waals surface area contributed by atoms with Gasteiger partial charge in [-0.25, -0.2) is 0 Å². The van der Waals surface area contributed by atoms with E-state index in [-0.39, 0.29) is 29.5 Å². The number of nitro groups is 1. The van der Waals surface area contributed by atoms with Crippen molar-refractivity contribution in [1.82, 2.24) is 16.0 Å². The van der Waals surface area contributed by atoms with Crippen molar-refractivity contribution in [3.8, 4) is 0 Å². The number of ether oxygens (including phenoxy) is 1. The lowest BCUT2D eigenvalue weighted by molar-refractivity contribution is -0.385. The summed E-state index contributed by atoms with van der Waals surface area (Å²) in [6.07, 6.45) is 0. The SMILES string of the molecule is COCCNCCNC(=O)CNC(=O)c1c(Cl)cccc1[N+](=O)[O-].Cl. The van der Waals surface area contributed by atoms with Crippen LogP contribution in [0.4, 0.5) is 5.69 Å². The number of nitrogens with one attached hydrogen (secondary N) is 3. The lowest BCUT2D eigenvalue weighted by Crippen LogP contribution is -2.40. The molecule has 0 saturated carbocycles. The molecule has 0 aliphatic rings. The predicted octanol–water partition coefficient (Wildman–Crippen LogP) is 0.752. The van der Waals surface area contributed by atoms with E-state index in [0.717, 1.165) is 0 Å². The quantitative estimate of drug-likeness (QED) is 0.305. The molecule has 1 aromatic rings. The van der Waals surface area contributed by atoms with E-state index in [4.69, 9.17) is 16.3 Å². The van der Waals surface area contributed by atoms with Crippen LogP contribution in [0.15, 0.2) is 18.2 Å². The van der Waals surface area contributed by atoms with E-state index in [1.165, 1.54) is 18.2 Å². The molecule has 9 nitrogen and oxygen atoms in total. The van der Waals surface area contributed by atoms with Gasteiger partial charge in [-0.2, -0.15) is 0 Å². The average molecular weight is 395 g/mol. The average Bonchev–Trinajstić information content (AvgIpc) is 2.55. The Labute approximate surface area is 156 Å². The minimum Gasteiger partial charge on any atom is -0.383 e. The Bertz CT molecular complexity index is 601. The van der Waals surface area contributed by atoms with Crippen LogP contribution >= 0.6 is 24.0 Å². The van der Waals surface area contributed by atoms with E-state index in [9.17, 15) is 19.7 Å². The second-order valence-corrected chi connectivity index (χ2v) is 5.07. The summed E-state index contributed by atoms with van der Waals surface area (Å²) in [6.45, 7) is 1.86. The zero-order chi connectivity index (χ0) is 17.9. The Morgan fingerprint density at radius 2 is 1.96 bits per heavy atom. The summed E-state index contributed by atoms with van der Waals surface area (Å²) in [5, 5.41) is 18.8. The van der Waals surface area contributed by atoms with Gasteiger partial charge in [0.05, 0.1) is 23.1 Å². The Hall–Kier alpha value is -1.94. The molecule has 0 unspecified atom stereocenters. The maximum atomic E-state index is 12.0. The minimum atomic E-state index is -0.777. The van der Waals surface area contributed by atoms with Crippen molar-refractivity contribution in [2.24, 2.45) is 0 Å². The maximum absolute atomic E-state index is 12.0. The Balaban J connectivity index is 0.00000576. The number of nitro benzene ring substituents is 1. The van der Waals surface area contributed by atoms with Gasteiger partial charge >= 0.3 is 0 Å². The number of amides is 2. The lowest BCUT2D eigenvalue weighted by Gasteiger charge is -2.09. The van der Waals surface area contributed by atoms with E-state index in [1.54, 1.807) is 7.11 Å². The van der Waals surface area contributed by atoms with Crippen LogP contribution in [0.2, 0.25) is 5.02 Å². The van der Waals surface area contributed by atoms with Gasteiger partial charge in [-0.05, 0) is 6.07 Å². The van der Waals surface area contributed by atoms with Gasteiger partial charge in [0.15, 0.2) is 0 Å². The fourth-order valence-electron chi connectivity index (χ4n) is 1.79. The van der Waals surface area contributed by atoms with Crippen molar-refractivity contribution < 1.29 is 19.2 Å². The first kappa shape index (κ1) is 23.1. The molecule has 0 aliphatic carbocycles. The van der Waals surface area contributed by atoms with Crippen LogP contribution in [0.3, 0.4) is 0 Å². The number of carbonyl (C=O) groups excluding carboxylic acids is 2. The molecule has 0 saturated heterocycles. The van der Waals surface area contributed by atoms with Crippen molar-refractivity contribution in [2.75, 3.05) is 39.9 Å². The molecular formula is C14H20Cl2N4O5. The molecule has 0 heterocycles. The van der Waals surface area contributed by atoms with Crippen molar-refractivity contribution >= 4 is 41.5 Å². The molecule has 11 heteroatoms. The number of halogens is 2. The van der Waals surface area contributed by atoms with Crippen LogP contribution in [-0.4, -0.2) is 56.6 Å². The molecule has 3 N–H and O–H groups in total. The summed E-state index contributed by atoms with van der Waals surface area (Å²) in [7, 11) is 1.59. The van der Waals surface area contributed by atoms with Gasteiger partial charge < -0.3 is 20.7 Å². The largest absolute Gasteiger partial charge is 0.383 e. The van der Waals surface area contributed by atoms with E-state index in [0.29, 0.717) is 26.2 Å². The van der Waals surface area contributed by atoms with Crippen LogP contribution < -0.4 is 16.0 Å². The summed E-state index contributed by atoms with van der Waals surface area (Å²) >= 11 is 5.84. The van der Waals surface area contributed by atoms with Crippen LogP contribution in [0.5, 0.6) is 0 Å². The van der Waals surface area contributed by atoms with Crippen LogP contribution in [0.25, 0.3) is 0 Å². The van der Waals surface area contributed by atoms with Gasteiger partial charge in [0.2, 0.25) is 5.91 Å². The third-order valence-corrected chi connectivity index (χ3v) is 3.25. The molecule has 0 bridgehead atoms. The zero-order valence-electron chi connectivity index (χ0n) is 13.5. The van der Waals surface area contributed by atoms with Crippen molar-refractivity contribution in [2.45, 2.75) is 0 Å². The third-order valence-electron chi connectivity index (χ3n) is 2.93. The van der Waals surface area contributed by atoms with Gasteiger partial charge in [-0.1, -0.05) is 17.7 Å². The molecule has 0 spiro atoms. The monoisotopic (exact) mass is 394 g/mol. The summed E-state index contributed by atoms with van der Waals surface area (Å²) < 4.78 is 4.86. The first-order chi connectivity index (χ1) is 11.5. The molecule has 0 aromatic heterocycles. The normalized spacial score (nSPS) is 9.84. The fraction of sp³-hybridized carbons (Fsp3) is 0.429. The maximum Gasteiger partial charge on any atom is 0.283 e. The van der Waals surface area contributed by atoms with Crippen molar-refractivity contribution in [1.29, 1.82) is 0 Å². The molecule has 0 aliphatic heterocycles. The molecular weight excluding hydrogens is 375 g/mol. The Morgan fingerprint density at radius 1 is 1.24 bits per heavy atom. The molecule has 1 aromatic carbocycles. The third kappa shape index (κ3) is 8.12. The van der Waals surface area contributed by atoms with Gasteiger partial charge in [0.25, 0.3) is 11.6 Å². The topological polar surface area (TPSA) is 123 Å². The number of nitrogens with zero attached hydrogens (tertiary/aromatic N) is 1. The first-order valence-electron chi connectivity index (χ1n) is 7.14. The molecule has 25 heavy (non-hydrogen) atoms. The molecule has 0 atom stereocenters. The number of hydrogen-bond acceptors (Lipinski definition) is 6. The highest BCUT2D eigenvalue weighted by atomic mass is 35.5. The molecule has 0 fully saturated rings. The van der Waals surface area contributed by atoms with Gasteiger partial charge in [0.1, 0.15) is 5.56 Å². The zero-order valence-corrected chi connectivity index (χ0v) is 15.1. The molecule has 140 valence electrons. The highest BCUT2D eigenvalue weighted by molar-refractivity contribution is 6.34. The summed E-state index contributed by atoms with van der Waals surface area (Å²) in [5.74, 6) is -1.19. The minimum absolute atomic E-state index is 0. The number of carbonyl (C=O) groups is 2. The lowest BCUT2D eigenvalue weighted by atomic mass is 10.1. The Morgan fingerprint density at radius 3 is 2.60 bits per heavy atom. The second-order valence-electron chi connectivity index (χ2n) is 4.67. The first-order valence-corrected chi connectivity index (χ1v) is 7.52. The number of benzene rings is 1. The number of hydrogen-bond donors (Lipinski definition) is 3. The fourth-order valence-corrected chi connectivity index (χ4v) is 2.05. The van der Waals surface area contributed by atoms with Gasteiger partial charge in [0, 0.05) is 32.8 Å². The van der Waals surface area contributed by atoms with Crippen LogP contribution in [0.1, 0.15) is 10.4 Å². The van der Waals surface area contributed by atoms with Gasteiger partial charge in [-0.15, -0.1) is 12.4 Å². The van der Waals surface area contributed by atoms with Crippen LogP contribution in [-0.2, 0) is 9.53 Å². The summed E-state index contributed by atoms with van der Waals surface area (Å²) in [6, 6.07) is 3.92. The van der Waals surface area contributed by atoms with E-state index < -0.39 is 22.4 Å². The molecule has 0 radical (unpaired) electrons. The highest BCUT2D eigenvalue weighted by Gasteiger charge is 2.23. The van der Waals surface area contributed by atoms with E-state index >= 15 is 0 Å². The standard InChI is InChI=1S/C14H19ClN4O5.ClH/c1-24-8-7-16-5-6-17-12(20)9-18-14(21)13-10(15)3-2-4-11(13)19(22)23;/h2-4,16H,5-9H2,1H3,(H,17,20)(H,18,21);1H. The summed E-state index contributed by atoms with van der Waals surface area (Å²) in [4.78, 5) is 33.9. The van der Waals surface area contributed by atoms with E-state index in [2.05, 4.69) is 16.0 Å². The number of rotatable bonds is 10. The smallest absolute Gasteiger partial charge is 0.283 e. The van der Waals surface area contributed by atoms with Crippen molar-refractivity contribution in [3.63, 3.8) is 0 Å². The highest BCUT2D eigenvalue weighted by Crippen LogP contribution is 2.25. The number of methoxy groups -OCH3 is 1. The van der Waals surface area contributed by atoms with Crippen molar-refractivity contribution in [3.05, 3.63) is 38.9 Å². The second kappa shape index (κ2) is 12.4.